The van der Waals surface area contributed by atoms with E-state index in [0.29, 0.717) is 30.0 Å². The van der Waals surface area contributed by atoms with Gasteiger partial charge in [0.15, 0.2) is 23.1 Å². The molecule has 222 valence electrons. The molecule has 0 aliphatic carbocycles. The Morgan fingerprint density at radius 3 is 2.57 bits per heavy atom. The average molecular weight is 591 g/mol. The largest absolute Gasteiger partial charge is 0.507 e. The molecule has 1 amide bonds. The standard InChI is InChI=1S/C29H27F5N4O4/c30-18-6-5-17-23(24(18)31)20-14-42-12-11-35(20)19-4-2-1-3-16(19)25(17)38-22-13-15(29(32,33)34)7-9-36(22)28(41)26-27(40)21(39)8-10-37(26)38/h1-6,8,10,15,20-22,25,39-40H,7,9,11-14H2. The van der Waals surface area contributed by atoms with Gasteiger partial charge in [0.2, 0.25) is 0 Å². The molecule has 8 nitrogen and oxygen atoms in total. The average Bonchev–Trinajstić information content (AvgIpc) is 3.09. The Morgan fingerprint density at radius 2 is 1.79 bits per heavy atom. The molecule has 3 saturated heterocycles. The number of aliphatic hydroxyl groups is 2. The molecule has 2 aromatic rings. The van der Waals surface area contributed by atoms with Crippen molar-refractivity contribution in [2.75, 3.05) is 31.2 Å². The number of rotatable bonds is 1. The fraction of sp³-hybridized carbons (Fsp3) is 0.414. The number of anilines is 1. The number of alkyl halides is 3. The number of piperidine rings is 1. The molecule has 13 heteroatoms. The van der Waals surface area contributed by atoms with Gasteiger partial charge < -0.3 is 24.7 Å². The molecular formula is C29H27F5N4O4. The van der Waals surface area contributed by atoms with Gasteiger partial charge in [-0.05, 0) is 42.2 Å². The van der Waals surface area contributed by atoms with Crippen molar-refractivity contribution in [3.63, 3.8) is 0 Å². The van der Waals surface area contributed by atoms with Gasteiger partial charge in [-0.3, -0.25) is 9.80 Å². The summed E-state index contributed by atoms with van der Waals surface area (Å²) >= 11 is 0. The van der Waals surface area contributed by atoms with Crippen LogP contribution in [0.1, 0.15) is 41.6 Å². The van der Waals surface area contributed by atoms with Crippen molar-refractivity contribution in [1.29, 1.82) is 0 Å². The lowest BCUT2D eigenvalue weighted by Crippen LogP contribution is -2.67. The van der Waals surface area contributed by atoms with Crippen LogP contribution in [0.3, 0.4) is 0 Å². The van der Waals surface area contributed by atoms with Crippen LogP contribution in [0.25, 0.3) is 0 Å². The Balaban J connectivity index is 1.50. The van der Waals surface area contributed by atoms with Crippen molar-refractivity contribution in [1.82, 2.24) is 14.9 Å². The van der Waals surface area contributed by atoms with E-state index in [2.05, 4.69) is 0 Å². The summed E-state index contributed by atoms with van der Waals surface area (Å²) in [5, 5.41) is 24.0. The van der Waals surface area contributed by atoms with Crippen LogP contribution in [0, 0.1) is 17.6 Å². The number of ether oxygens (including phenoxy) is 1. The van der Waals surface area contributed by atoms with Gasteiger partial charge in [0, 0.05) is 30.5 Å². The first-order valence-corrected chi connectivity index (χ1v) is 13.7. The Bertz CT molecular complexity index is 1510. The van der Waals surface area contributed by atoms with E-state index >= 15 is 4.39 Å². The van der Waals surface area contributed by atoms with E-state index in [0.717, 1.165) is 6.07 Å². The number of morpholine rings is 1. The van der Waals surface area contributed by atoms with E-state index in [1.165, 1.54) is 33.3 Å². The molecule has 5 atom stereocenters. The third-order valence-corrected chi connectivity index (χ3v) is 8.94. The fourth-order valence-corrected chi connectivity index (χ4v) is 7.01. The van der Waals surface area contributed by atoms with Crippen molar-refractivity contribution in [2.24, 2.45) is 5.92 Å². The monoisotopic (exact) mass is 590 g/mol. The summed E-state index contributed by atoms with van der Waals surface area (Å²) < 4.78 is 78.7. The van der Waals surface area contributed by atoms with Crippen molar-refractivity contribution in [3.05, 3.63) is 88.5 Å². The summed E-state index contributed by atoms with van der Waals surface area (Å²) in [5.41, 5.74) is 1.25. The maximum atomic E-state index is 15.9. The summed E-state index contributed by atoms with van der Waals surface area (Å²) in [6.45, 7) is 0.490. The summed E-state index contributed by atoms with van der Waals surface area (Å²) in [6, 6.07) is 7.79. The van der Waals surface area contributed by atoms with E-state index in [-0.39, 0.29) is 30.8 Å². The fourth-order valence-electron chi connectivity index (χ4n) is 7.01. The number of hydrogen-bond acceptors (Lipinski definition) is 7. The van der Waals surface area contributed by atoms with Crippen LogP contribution in [0.2, 0.25) is 0 Å². The molecule has 5 heterocycles. The van der Waals surface area contributed by atoms with Gasteiger partial charge in [0.25, 0.3) is 5.91 Å². The van der Waals surface area contributed by atoms with Gasteiger partial charge in [-0.2, -0.15) is 18.2 Å². The first-order chi connectivity index (χ1) is 20.1. The highest BCUT2D eigenvalue weighted by molar-refractivity contribution is 5.95. The number of benzene rings is 2. The zero-order valence-electron chi connectivity index (χ0n) is 22.1. The highest BCUT2D eigenvalue weighted by Crippen LogP contribution is 2.51. The summed E-state index contributed by atoms with van der Waals surface area (Å²) in [4.78, 5) is 16.9. The SMILES string of the molecule is O=C1C2=C(O)C(O)C=CN2N(C2c3ccccc3N3CCOCC3c3c2ccc(F)c3F)C2CC(C(F)(F)F)CCN12. The Morgan fingerprint density at radius 1 is 1.00 bits per heavy atom. The van der Waals surface area contributed by atoms with Crippen LogP contribution in [-0.2, 0) is 9.53 Å². The predicted octanol–water partition coefficient (Wildman–Crippen LogP) is 4.26. The Kier molecular flexibility index (Phi) is 6.26. The molecule has 3 fully saturated rings. The van der Waals surface area contributed by atoms with Crippen LogP contribution in [0.5, 0.6) is 0 Å². The van der Waals surface area contributed by atoms with Crippen LogP contribution >= 0.6 is 0 Å². The van der Waals surface area contributed by atoms with Crippen molar-refractivity contribution >= 4 is 11.6 Å². The number of halogens is 5. The molecule has 0 saturated carbocycles. The topological polar surface area (TPSA) is 79.7 Å². The summed E-state index contributed by atoms with van der Waals surface area (Å²) in [7, 11) is 0. The van der Waals surface area contributed by atoms with Gasteiger partial charge in [0.05, 0.1) is 31.2 Å². The van der Waals surface area contributed by atoms with Gasteiger partial charge in [0.1, 0.15) is 12.3 Å². The van der Waals surface area contributed by atoms with Crippen molar-refractivity contribution in [2.45, 2.75) is 43.4 Å². The lowest BCUT2D eigenvalue weighted by atomic mass is 9.87. The predicted molar refractivity (Wildman–Crippen MR) is 138 cm³/mol. The Labute approximate surface area is 237 Å². The number of para-hydroxylation sites is 1. The van der Waals surface area contributed by atoms with E-state index in [1.54, 1.807) is 18.2 Å². The number of aliphatic hydroxyl groups excluding tert-OH is 2. The second kappa shape index (κ2) is 9.68. The molecule has 5 aliphatic heterocycles. The number of amides is 1. The van der Waals surface area contributed by atoms with Crippen LogP contribution < -0.4 is 4.90 Å². The number of fused-ring (bicyclic) bond motifs is 7. The highest BCUT2D eigenvalue weighted by atomic mass is 19.4. The maximum Gasteiger partial charge on any atom is 0.392 e. The van der Waals surface area contributed by atoms with Gasteiger partial charge in [-0.1, -0.05) is 24.3 Å². The lowest BCUT2D eigenvalue weighted by Gasteiger charge is -2.56. The first-order valence-electron chi connectivity index (χ1n) is 13.7. The molecule has 2 aromatic carbocycles. The molecule has 42 heavy (non-hydrogen) atoms. The summed E-state index contributed by atoms with van der Waals surface area (Å²) in [5.74, 6) is -5.26. The first kappa shape index (κ1) is 27.2. The number of carbonyl (C=O) groups excluding carboxylic acids is 1. The minimum Gasteiger partial charge on any atom is -0.507 e. The third-order valence-electron chi connectivity index (χ3n) is 8.94. The second-order valence-corrected chi connectivity index (χ2v) is 11.1. The molecule has 7 rings (SSSR count). The van der Waals surface area contributed by atoms with Crippen LogP contribution in [-0.4, -0.2) is 75.8 Å². The number of hydrazine groups is 1. The number of hydrogen-bond donors (Lipinski definition) is 2. The number of nitrogens with zero attached hydrogens (tertiary/aromatic N) is 4. The van der Waals surface area contributed by atoms with E-state index < -0.39 is 66.2 Å². The molecule has 2 N–H and O–H groups in total. The minimum atomic E-state index is -4.53. The molecular weight excluding hydrogens is 563 g/mol. The quantitative estimate of drug-likeness (QED) is 0.481. The van der Waals surface area contributed by atoms with Crippen LogP contribution in [0.4, 0.5) is 27.6 Å². The maximum absolute atomic E-state index is 15.9. The Hall–Kier alpha value is -3.68. The minimum absolute atomic E-state index is 0.0123. The zero-order valence-corrected chi connectivity index (χ0v) is 22.1. The van der Waals surface area contributed by atoms with Crippen molar-refractivity contribution in [3.8, 4) is 0 Å². The molecule has 5 aliphatic rings. The normalized spacial score (nSPS) is 29.4. The van der Waals surface area contributed by atoms with E-state index in [4.69, 9.17) is 4.74 Å². The van der Waals surface area contributed by atoms with E-state index in [1.807, 2.05) is 11.0 Å². The van der Waals surface area contributed by atoms with Gasteiger partial charge in [-0.25, -0.2) is 8.78 Å². The molecule has 0 radical (unpaired) electrons. The third kappa shape index (κ3) is 3.93. The molecule has 0 bridgehead atoms. The lowest BCUT2D eigenvalue weighted by molar-refractivity contribution is -0.219. The van der Waals surface area contributed by atoms with Crippen molar-refractivity contribution < 1.29 is 41.7 Å². The number of carbonyl (C=O) groups is 1. The molecule has 0 spiro atoms. The van der Waals surface area contributed by atoms with Crippen LogP contribution in [0.15, 0.2) is 60.1 Å². The zero-order chi connectivity index (χ0) is 29.5. The summed E-state index contributed by atoms with van der Waals surface area (Å²) in [6.07, 6.45) is -5.47. The smallest absolute Gasteiger partial charge is 0.392 e. The van der Waals surface area contributed by atoms with Gasteiger partial charge in [-0.15, -0.1) is 0 Å². The second-order valence-electron chi connectivity index (χ2n) is 11.1. The van der Waals surface area contributed by atoms with Gasteiger partial charge >= 0.3 is 6.18 Å². The molecule has 0 aromatic heterocycles. The highest BCUT2D eigenvalue weighted by Gasteiger charge is 2.55. The van der Waals surface area contributed by atoms with E-state index in [9.17, 15) is 32.6 Å². The molecule has 5 unspecified atom stereocenters.